The van der Waals surface area contributed by atoms with Crippen LogP contribution in [0, 0.1) is 0 Å². The van der Waals surface area contributed by atoms with Gasteiger partial charge in [-0.1, -0.05) is 0 Å². The van der Waals surface area contributed by atoms with Gasteiger partial charge >= 0.3 is 0 Å². The van der Waals surface area contributed by atoms with Crippen LogP contribution in [0.4, 0.5) is 0 Å². The van der Waals surface area contributed by atoms with Crippen molar-refractivity contribution in [3.05, 3.63) is 49.4 Å². The van der Waals surface area contributed by atoms with Crippen LogP contribution in [0.3, 0.4) is 0 Å². The van der Waals surface area contributed by atoms with Gasteiger partial charge in [-0.3, -0.25) is 14.4 Å². The number of H-pyrrole nitrogens is 1. The lowest BCUT2D eigenvalue weighted by Crippen LogP contribution is -2.21. The number of aromatic hydroxyl groups is 1. The largest absolute Gasteiger partial charge is 0.515 e. The lowest BCUT2D eigenvalue weighted by molar-refractivity contribution is 0.0964. The topological polar surface area (TPSA) is 132 Å². The number of phenolic OH excluding ortho intramolecular Hbond substituents is 1. The van der Waals surface area contributed by atoms with Crippen molar-refractivity contribution in [1.82, 2.24) is 15.3 Å². The molecule has 0 unspecified atom stereocenters. The van der Waals surface area contributed by atoms with Gasteiger partial charge in [-0.2, -0.15) is 0 Å². The molecule has 0 saturated heterocycles. The molecule has 1 amide bonds. The Morgan fingerprint density at radius 1 is 1.22 bits per heavy atom. The highest BCUT2D eigenvalue weighted by molar-refractivity contribution is 6.05. The van der Waals surface area contributed by atoms with Crippen molar-refractivity contribution in [3.8, 4) is 5.75 Å². The molecule has 4 N–H and O–H groups in total. The third-order valence-corrected chi connectivity index (χ3v) is 3.50. The maximum atomic E-state index is 12.0. The van der Waals surface area contributed by atoms with Crippen LogP contribution in [0.25, 0.3) is 28.3 Å². The Labute approximate surface area is 127 Å². The summed E-state index contributed by atoms with van der Waals surface area (Å²) in [7, 11) is 1.43. The van der Waals surface area contributed by atoms with E-state index in [4.69, 9.17) is 0 Å². The smallest absolute Gasteiger partial charge is 0.253 e. The maximum Gasteiger partial charge on any atom is 0.253 e. The normalized spacial score (nSPS) is 12.0. The van der Waals surface area contributed by atoms with Crippen LogP contribution >= 0.6 is 0 Å². The summed E-state index contributed by atoms with van der Waals surface area (Å²) in [5.74, 6) is -0.910. The predicted octanol–water partition coefficient (Wildman–Crippen LogP) is -0.483. The predicted molar refractivity (Wildman–Crippen MR) is 83.5 cm³/mol. The quantitative estimate of drug-likeness (QED) is 0.448. The standard InChI is InChI=1S/C15H11N3O5/c1-16-15(23)6-2-3-8(20)13-11(6)17-14-10(22)4-9(21)7(5-19)12(14)18-13/h2-5,17,19,21H,1H3,(H,16,23). The number of hydrogen-bond acceptors (Lipinski definition) is 6. The SMILES string of the molecule is CNC(=O)c1ccc(=O)c2nc3c(=CO)c(O)cc(=O)c3[nH]c12. The average molecular weight is 313 g/mol. The van der Waals surface area contributed by atoms with Crippen LogP contribution in [0.15, 0.2) is 27.8 Å². The second kappa shape index (κ2) is 5.09. The highest BCUT2D eigenvalue weighted by Gasteiger charge is 2.15. The van der Waals surface area contributed by atoms with Crippen molar-refractivity contribution in [2.75, 3.05) is 7.05 Å². The third-order valence-electron chi connectivity index (χ3n) is 3.50. The molecule has 0 atom stereocenters. The number of aliphatic hydroxyl groups excluding tert-OH is 1. The summed E-state index contributed by atoms with van der Waals surface area (Å²) >= 11 is 0. The van der Waals surface area contributed by atoms with Crippen LogP contribution in [0.1, 0.15) is 10.4 Å². The molecule has 2 aromatic carbocycles. The van der Waals surface area contributed by atoms with E-state index in [1.165, 1.54) is 19.2 Å². The molecule has 1 aromatic heterocycles. The zero-order valence-electron chi connectivity index (χ0n) is 11.9. The Morgan fingerprint density at radius 3 is 2.61 bits per heavy atom. The minimum Gasteiger partial charge on any atom is -0.515 e. The first-order chi connectivity index (χ1) is 11.0. The lowest BCUT2D eigenvalue weighted by Gasteiger charge is -2.07. The van der Waals surface area contributed by atoms with Crippen LogP contribution in [-0.2, 0) is 0 Å². The van der Waals surface area contributed by atoms with E-state index in [0.717, 1.165) is 6.07 Å². The van der Waals surface area contributed by atoms with Crippen LogP contribution < -0.4 is 21.4 Å². The molecular weight excluding hydrogens is 302 g/mol. The van der Waals surface area contributed by atoms with Crippen molar-refractivity contribution in [2.45, 2.75) is 0 Å². The number of rotatable bonds is 1. The number of nitrogens with one attached hydrogen (secondary N) is 2. The Balaban J connectivity index is 2.63. The van der Waals surface area contributed by atoms with Gasteiger partial charge in [-0.05, 0) is 12.1 Å². The van der Waals surface area contributed by atoms with Crippen molar-refractivity contribution >= 4 is 34.2 Å². The number of hydrogen-bond donors (Lipinski definition) is 4. The second-order valence-corrected chi connectivity index (χ2v) is 4.81. The highest BCUT2D eigenvalue weighted by atomic mass is 16.3. The number of aliphatic hydroxyl groups is 1. The summed E-state index contributed by atoms with van der Waals surface area (Å²) in [5, 5.41) is 21.3. The zero-order chi connectivity index (χ0) is 16.7. The molecule has 0 fully saturated rings. The summed E-state index contributed by atoms with van der Waals surface area (Å²) in [6.07, 6.45) is 0.594. The molecule has 0 bridgehead atoms. The first-order valence-corrected chi connectivity index (χ1v) is 6.57. The molecule has 0 spiro atoms. The van der Waals surface area contributed by atoms with E-state index >= 15 is 0 Å². The molecule has 3 aromatic rings. The van der Waals surface area contributed by atoms with Gasteiger partial charge < -0.3 is 20.5 Å². The molecule has 0 aliphatic carbocycles. The molecule has 116 valence electrons. The van der Waals surface area contributed by atoms with Gasteiger partial charge in [0, 0.05) is 13.1 Å². The lowest BCUT2D eigenvalue weighted by atomic mass is 10.1. The molecule has 0 saturated carbocycles. The van der Waals surface area contributed by atoms with Gasteiger partial charge in [0.1, 0.15) is 22.3 Å². The fourth-order valence-corrected chi connectivity index (χ4v) is 2.38. The molecule has 1 heterocycles. The minimum absolute atomic E-state index is 0.0358. The van der Waals surface area contributed by atoms with E-state index in [2.05, 4.69) is 15.3 Å². The number of aromatic amines is 1. The highest BCUT2D eigenvalue weighted by Crippen LogP contribution is 2.15. The summed E-state index contributed by atoms with van der Waals surface area (Å²) in [6, 6.07) is 3.43. The second-order valence-electron chi connectivity index (χ2n) is 4.81. The molecule has 23 heavy (non-hydrogen) atoms. The fraction of sp³-hybridized carbons (Fsp3) is 0.0667. The van der Waals surface area contributed by atoms with Crippen molar-refractivity contribution in [2.24, 2.45) is 0 Å². The van der Waals surface area contributed by atoms with Gasteiger partial charge in [0.05, 0.1) is 22.6 Å². The number of fused-ring (bicyclic) bond motifs is 2. The van der Waals surface area contributed by atoms with E-state index in [9.17, 15) is 24.6 Å². The van der Waals surface area contributed by atoms with Gasteiger partial charge in [0.15, 0.2) is 0 Å². The summed E-state index contributed by atoms with van der Waals surface area (Å²) < 4.78 is 0. The summed E-state index contributed by atoms with van der Waals surface area (Å²) in [4.78, 5) is 42.8. The van der Waals surface area contributed by atoms with Gasteiger partial charge in [-0.15, -0.1) is 0 Å². The maximum absolute atomic E-state index is 12.0. The van der Waals surface area contributed by atoms with Gasteiger partial charge in [0.2, 0.25) is 10.9 Å². The minimum atomic E-state index is -0.586. The van der Waals surface area contributed by atoms with Crippen LogP contribution in [0.5, 0.6) is 5.75 Å². The summed E-state index contributed by atoms with van der Waals surface area (Å²) in [5.41, 5.74) is -0.967. The third kappa shape index (κ3) is 2.08. The summed E-state index contributed by atoms with van der Waals surface area (Å²) in [6.45, 7) is 0. The number of carbonyl (C=O) groups is 1. The Hall–Kier alpha value is -3.42. The Morgan fingerprint density at radius 2 is 1.96 bits per heavy atom. The number of nitrogens with zero attached hydrogens (tertiary/aromatic N) is 1. The Bertz CT molecular complexity index is 1130. The average Bonchev–Trinajstić information content (AvgIpc) is 2.54. The first-order valence-electron chi connectivity index (χ1n) is 6.57. The zero-order valence-corrected chi connectivity index (χ0v) is 11.9. The molecule has 8 heteroatoms. The van der Waals surface area contributed by atoms with Crippen LogP contribution in [-0.4, -0.2) is 33.1 Å². The van der Waals surface area contributed by atoms with E-state index in [1.807, 2.05) is 0 Å². The van der Waals surface area contributed by atoms with E-state index in [-0.39, 0.29) is 32.8 Å². The van der Waals surface area contributed by atoms with Crippen molar-refractivity contribution in [1.29, 1.82) is 0 Å². The molecular formula is C15H11N3O5. The number of aromatic nitrogens is 2. The number of phenols is 1. The monoisotopic (exact) mass is 313 g/mol. The molecule has 0 radical (unpaired) electrons. The fourth-order valence-electron chi connectivity index (χ4n) is 2.38. The van der Waals surface area contributed by atoms with E-state index in [1.54, 1.807) is 0 Å². The molecule has 0 aliphatic heterocycles. The molecule has 3 rings (SSSR count). The van der Waals surface area contributed by atoms with Crippen molar-refractivity contribution in [3.63, 3.8) is 0 Å². The number of carbonyl (C=O) groups excluding carboxylic acids is 1. The van der Waals surface area contributed by atoms with Gasteiger partial charge in [-0.25, -0.2) is 4.98 Å². The molecule has 8 nitrogen and oxygen atoms in total. The Kier molecular flexibility index (Phi) is 3.21. The van der Waals surface area contributed by atoms with Crippen molar-refractivity contribution < 1.29 is 15.0 Å². The van der Waals surface area contributed by atoms with Crippen LogP contribution in [0.2, 0.25) is 0 Å². The number of amides is 1. The van der Waals surface area contributed by atoms with E-state index < -0.39 is 22.5 Å². The van der Waals surface area contributed by atoms with Gasteiger partial charge in [0.25, 0.3) is 5.91 Å². The van der Waals surface area contributed by atoms with E-state index in [0.29, 0.717) is 6.26 Å². The first kappa shape index (κ1) is 14.5. The molecule has 0 aliphatic rings. The number of benzene rings is 2.